The Morgan fingerprint density at radius 1 is 1.00 bits per heavy atom. The van der Waals surface area contributed by atoms with Gasteiger partial charge in [-0.2, -0.15) is 13.2 Å². The number of rotatable bonds is 5. The summed E-state index contributed by atoms with van der Waals surface area (Å²) in [4.78, 5) is 18.1. The zero-order valence-electron chi connectivity index (χ0n) is 21.5. The van der Waals surface area contributed by atoms with E-state index in [9.17, 15) is 9.90 Å². The lowest BCUT2D eigenvalue weighted by atomic mass is 9.79. The van der Waals surface area contributed by atoms with Crippen LogP contribution in [0, 0.1) is 6.92 Å². The molecule has 0 radical (unpaired) electrons. The van der Waals surface area contributed by atoms with E-state index in [2.05, 4.69) is 5.48 Å². The van der Waals surface area contributed by atoms with Crippen molar-refractivity contribution in [3.05, 3.63) is 110 Å². The highest BCUT2D eigenvalue weighted by Crippen LogP contribution is 2.56. The SMILES string of the molecule is Cc1cc(C2=C(C(O)c3ccccc3)C(c3cc(Cl)cc(Cl)c3)(C(F)(F)F)ON2)ccc1C(=O)OC(C)(C)C. The van der Waals surface area contributed by atoms with Gasteiger partial charge in [-0.3, -0.25) is 10.3 Å². The Morgan fingerprint density at radius 2 is 1.62 bits per heavy atom. The summed E-state index contributed by atoms with van der Waals surface area (Å²) in [7, 11) is 0. The van der Waals surface area contributed by atoms with Crippen LogP contribution in [-0.2, 0) is 15.2 Å². The minimum atomic E-state index is -5.06. The summed E-state index contributed by atoms with van der Waals surface area (Å²) in [5, 5.41) is 11.4. The molecule has 0 saturated carbocycles. The Labute approximate surface area is 234 Å². The molecule has 0 spiro atoms. The van der Waals surface area contributed by atoms with Crippen molar-refractivity contribution in [2.45, 2.75) is 51.2 Å². The van der Waals surface area contributed by atoms with E-state index in [0.29, 0.717) is 5.56 Å². The van der Waals surface area contributed by atoms with Gasteiger partial charge in [-0.25, -0.2) is 4.79 Å². The molecule has 4 rings (SSSR count). The maximum absolute atomic E-state index is 15.1. The molecule has 0 aliphatic carbocycles. The number of benzene rings is 3. The molecule has 0 bridgehead atoms. The van der Waals surface area contributed by atoms with Crippen molar-refractivity contribution in [2.75, 3.05) is 0 Å². The number of aliphatic hydroxyl groups is 1. The van der Waals surface area contributed by atoms with Crippen molar-refractivity contribution in [1.82, 2.24) is 5.48 Å². The van der Waals surface area contributed by atoms with Crippen molar-refractivity contribution in [1.29, 1.82) is 0 Å². The van der Waals surface area contributed by atoms with E-state index < -0.39 is 40.6 Å². The molecule has 39 heavy (non-hydrogen) atoms. The highest BCUT2D eigenvalue weighted by Gasteiger charge is 2.65. The molecule has 3 aromatic rings. The third-order valence-corrected chi connectivity index (χ3v) is 6.58. The van der Waals surface area contributed by atoms with Gasteiger partial charge in [0.05, 0.1) is 11.3 Å². The lowest BCUT2D eigenvalue weighted by Crippen LogP contribution is -2.46. The first kappa shape index (κ1) is 29.0. The Balaban J connectivity index is 1.97. The van der Waals surface area contributed by atoms with Gasteiger partial charge in [0.1, 0.15) is 11.7 Å². The molecule has 206 valence electrons. The van der Waals surface area contributed by atoms with Crippen LogP contribution < -0.4 is 5.48 Å². The average molecular weight is 580 g/mol. The highest BCUT2D eigenvalue weighted by molar-refractivity contribution is 6.34. The average Bonchev–Trinajstić information content (AvgIpc) is 3.24. The van der Waals surface area contributed by atoms with E-state index in [0.717, 1.165) is 12.1 Å². The summed E-state index contributed by atoms with van der Waals surface area (Å²) in [6.45, 7) is 6.83. The first-order chi connectivity index (χ1) is 18.1. The van der Waals surface area contributed by atoms with E-state index >= 15 is 13.2 Å². The maximum Gasteiger partial charge on any atom is 0.428 e. The van der Waals surface area contributed by atoms with Gasteiger partial charge in [-0.05, 0) is 69.2 Å². The number of hydrogen-bond acceptors (Lipinski definition) is 5. The number of halogens is 5. The van der Waals surface area contributed by atoms with E-state index in [1.807, 2.05) is 0 Å². The van der Waals surface area contributed by atoms with Crippen molar-refractivity contribution >= 4 is 34.9 Å². The summed E-state index contributed by atoms with van der Waals surface area (Å²) >= 11 is 12.2. The zero-order valence-corrected chi connectivity index (χ0v) is 23.0. The number of alkyl halides is 3. The summed E-state index contributed by atoms with van der Waals surface area (Å²) < 4.78 is 50.8. The third-order valence-electron chi connectivity index (χ3n) is 6.15. The van der Waals surface area contributed by atoms with Crippen LogP contribution in [-0.4, -0.2) is 22.9 Å². The van der Waals surface area contributed by atoms with Gasteiger partial charge in [0, 0.05) is 26.7 Å². The Bertz CT molecular complexity index is 1410. The number of aryl methyl sites for hydroxylation is 1. The van der Waals surface area contributed by atoms with Gasteiger partial charge in [0.15, 0.2) is 0 Å². The van der Waals surface area contributed by atoms with Crippen LogP contribution in [0.25, 0.3) is 5.70 Å². The summed E-state index contributed by atoms with van der Waals surface area (Å²) in [5.41, 5.74) is -1.33. The first-order valence-electron chi connectivity index (χ1n) is 11.9. The fourth-order valence-electron chi connectivity index (χ4n) is 4.49. The lowest BCUT2D eigenvalue weighted by molar-refractivity contribution is -0.276. The Kier molecular flexibility index (Phi) is 7.80. The second kappa shape index (κ2) is 10.5. The minimum absolute atomic E-state index is 0.0377. The molecule has 1 heterocycles. The third kappa shape index (κ3) is 5.65. The fraction of sp³-hybridized carbons (Fsp3) is 0.276. The van der Waals surface area contributed by atoms with Gasteiger partial charge < -0.3 is 9.84 Å². The molecular weight excluding hydrogens is 554 g/mol. The molecule has 10 heteroatoms. The molecule has 1 aliphatic rings. The topological polar surface area (TPSA) is 67.8 Å². The Hall–Kier alpha value is -3.04. The molecule has 2 N–H and O–H groups in total. The van der Waals surface area contributed by atoms with Crippen molar-refractivity contribution in [3.63, 3.8) is 0 Å². The number of hydrogen-bond donors (Lipinski definition) is 2. The highest BCUT2D eigenvalue weighted by atomic mass is 35.5. The summed E-state index contributed by atoms with van der Waals surface area (Å²) in [5.74, 6) is -0.570. The van der Waals surface area contributed by atoms with E-state index in [1.165, 1.54) is 36.4 Å². The summed E-state index contributed by atoms with van der Waals surface area (Å²) in [6.07, 6.45) is -6.81. The number of carbonyl (C=O) groups excluding carboxylic acids is 1. The van der Waals surface area contributed by atoms with E-state index in [-0.39, 0.29) is 32.4 Å². The lowest BCUT2D eigenvalue weighted by Gasteiger charge is -2.34. The van der Waals surface area contributed by atoms with Crippen LogP contribution in [0.4, 0.5) is 13.2 Å². The van der Waals surface area contributed by atoms with E-state index in [4.69, 9.17) is 32.8 Å². The minimum Gasteiger partial charge on any atom is -0.456 e. The molecule has 5 nitrogen and oxygen atoms in total. The quantitative estimate of drug-likeness (QED) is 0.303. The number of esters is 1. The van der Waals surface area contributed by atoms with E-state index in [1.54, 1.807) is 45.9 Å². The van der Waals surface area contributed by atoms with Crippen LogP contribution >= 0.6 is 23.2 Å². The first-order valence-corrected chi connectivity index (χ1v) is 12.7. The van der Waals surface area contributed by atoms with Gasteiger partial charge >= 0.3 is 12.1 Å². The second-order valence-electron chi connectivity index (χ2n) is 10.2. The van der Waals surface area contributed by atoms with Gasteiger partial charge in [-0.15, -0.1) is 0 Å². The molecule has 1 aliphatic heterocycles. The van der Waals surface area contributed by atoms with Gasteiger partial charge in [-0.1, -0.05) is 59.6 Å². The molecule has 3 aromatic carbocycles. The van der Waals surface area contributed by atoms with Crippen LogP contribution in [0.2, 0.25) is 10.0 Å². The molecule has 0 aromatic heterocycles. The van der Waals surface area contributed by atoms with Crippen LogP contribution in [0.15, 0.2) is 72.3 Å². The van der Waals surface area contributed by atoms with Crippen LogP contribution in [0.5, 0.6) is 0 Å². The van der Waals surface area contributed by atoms with Crippen molar-refractivity contribution < 1.29 is 32.6 Å². The predicted molar refractivity (Wildman–Crippen MR) is 143 cm³/mol. The molecule has 2 unspecified atom stereocenters. The normalized spacial score (nSPS) is 18.6. The summed E-state index contributed by atoms with van der Waals surface area (Å²) in [6, 6.07) is 15.9. The molecule has 0 fully saturated rings. The maximum atomic E-state index is 15.1. The number of aliphatic hydroxyl groups excluding tert-OH is 1. The second-order valence-corrected chi connectivity index (χ2v) is 11.0. The predicted octanol–water partition coefficient (Wildman–Crippen LogP) is 7.69. The van der Waals surface area contributed by atoms with Crippen LogP contribution in [0.3, 0.4) is 0 Å². The standard InChI is InChI=1S/C29H26Cl2F3NO4/c1-16-12-18(10-11-22(16)26(37)38-27(2,3)4)24-23(25(36)17-8-6-5-7-9-17)28(39-35-24,29(32,33)34)19-13-20(30)15-21(31)14-19/h5-15,25,35-36H,1-4H3. The Morgan fingerprint density at radius 3 is 2.15 bits per heavy atom. The van der Waals surface area contributed by atoms with Crippen LogP contribution in [0.1, 0.15) is 59.5 Å². The molecule has 0 saturated heterocycles. The fourth-order valence-corrected chi connectivity index (χ4v) is 5.01. The zero-order chi connectivity index (χ0) is 28.8. The largest absolute Gasteiger partial charge is 0.456 e. The molecular formula is C29H26Cl2F3NO4. The number of carbonyl (C=O) groups is 1. The van der Waals surface area contributed by atoms with Crippen molar-refractivity contribution in [3.8, 4) is 0 Å². The van der Waals surface area contributed by atoms with Gasteiger partial charge in [0.2, 0.25) is 5.60 Å². The molecule has 2 atom stereocenters. The van der Waals surface area contributed by atoms with Crippen molar-refractivity contribution in [2.24, 2.45) is 0 Å². The van der Waals surface area contributed by atoms with Gasteiger partial charge in [0.25, 0.3) is 0 Å². The monoisotopic (exact) mass is 579 g/mol. The smallest absolute Gasteiger partial charge is 0.428 e. The molecule has 0 amide bonds. The number of nitrogens with one attached hydrogen (secondary N) is 1. The number of ether oxygens (including phenoxy) is 1. The number of hydroxylamine groups is 1.